The lowest BCUT2D eigenvalue weighted by Crippen LogP contribution is -2.47. The van der Waals surface area contributed by atoms with Crippen molar-refractivity contribution >= 4 is 22.8 Å². The number of amides is 1. The zero-order chi connectivity index (χ0) is 17.9. The minimum absolute atomic E-state index is 0.250. The lowest BCUT2D eigenvalue weighted by molar-refractivity contribution is -0.132. The van der Waals surface area contributed by atoms with Gasteiger partial charge in [0.05, 0.1) is 17.2 Å². The first-order valence-corrected chi connectivity index (χ1v) is 9.96. The lowest BCUT2D eigenvalue weighted by atomic mass is 9.86. The Kier molecular flexibility index (Phi) is 5.05. The fourth-order valence-corrected chi connectivity index (χ4v) is 4.63. The van der Waals surface area contributed by atoms with Crippen LogP contribution in [0.4, 0.5) is 5.82 Å². The topological polar surface area (TPSA) is 49.3 Å². The van der Waals surface area contributed by atoms with E-state index in [2.05, 4.69) is 14.8 Å². The number of hydrogen-bond acceptors (Lipinski definition) is 4. The van der Waals surface area contributed by atoms with E-state index >= 15 is 0 Å². The van der Waals surface area contributed by atoms with Gasteiger partial charge in [-0.2, -0.15) is 0 Å². The average Bonchev–Trinajstić information content (AvgIpc) is 2.94. The number of likely N-dealkylation sites (tertiary alicyclic amines) is 1. The molecule has 4 rings (SSSR count). The van der Waals surface area contributed by atoms with Gasteiger partial charge in [-0.25, -0.2) is 4.98 Å². The average molecular weight is 352 g/mol. The van der Waals surface area contributed by atoms with Crippen molar-refractivity contribution in [2.75, 3.05) is 24.5 Å². The number of para-hydroxylation sites is 2. The van der Waals surface area contributed by atoms with Crippen molar-refractivity contribution in [1.29, 1.82) is 0 Å². The van der Waals surface area contributed by atoms with Gasteiger partial charge in [0.25, 0.3) is 0 Å². The summed E-state index contributed by atoms with van der Waals surface area (Å²) in [4.78, 5) is 26.0. The summed E-state index contributed by atoms with van der Waals surface area (Å²) in [6, 6.07) is 8.46. The molecule has 1 atom stereocenters. The van der Waals surface area contributed by atoms with Crippen LogP contribution in [-0.4, -0.2) is 46.5 Å². The molecular weight excluding hydrogens is 324 g/mol. The monoisotopic (exact) mass is 352 g/mol. The summed E-state index contributed by atoms with van der Waals surface area (Å²) in [5.41, 5.74) is 1.90. The molecule has 2 aliphatic heterocycles. The lowest BCUT2D eigenvalue weighted by Gasteiger charge is -2.40. The SMILES string of the molecule is CC(=O)N1CCCCC[C@H]1C1CCN(c2cnc3ccccc3n2)CC1. The van der Waals surface area contributed by atoms with Gasteiger partial charge in [-0.1, -0.05) is 25.0 Å². The van der Waals surface area contributed by atoms with E-state index in [1.54, 1.807) is 6.92 Å². The molecule has 0 radical (unpaired) electrons. The summed E-state index contributed by atoms with van der Waals surface area (Å²) in [5, 5.41) is 0. The van der Waals surface area contributed by atoms with Crippen molar-refractivity contribution in [3.8, 4) is 0 Å². The van der Waals surface area contributed by atoms with Gasteiger partial charge in [0.15, 0.2) is 0 Å². The summed E-state index contributed by atoms with van der Waals surface area (Å²) in [6.45, 7) is 4.67. The standard InChI is InChI=1S/C21H28N4O/c1-16(26)25-12-6-2-3-9-20(25)17-10-13-24(14-11-17)21-15-22-18-7-4-5-8-19(18)23-21/h4-5,7-8,15,17,20H,2-3,6,9-14H2,1H3/t20-/m0/s1. The van der Waals surface area contributed by atoms with Crippen molar-refractivity contribution in [3.05, 3.63) is 30.5 Å². The van der Waals surface area contributed by atoms with E-state index in [-0.39, 0.29) is 5.91 Å². The van der Waals surface area contributed by atoms with E-state index in [1.807, 2.05) is 30.5 Å². The van der Waals surface area contributed by atoms with Gasteiger partial charge < -0.3 is 9.80 Å². The molecule has 2 saturated heterocycles. The van der Waals surface area contributed by atoms with Crippen molar-refractivity contribution in [2.45, 2.75) is 51.5 Å². The molecule has 0 N–H and O–H groups in total. The van der Waals surface area contributed by atoms with Crippen molar-refractivity contribution in [1.82, 2.24) is 14.9 Å². The molecule has 1 amide bonds. The highest BCUT2D eigenvalue weighted by atomic mass is 16.2. The number of nitrogens with zero attached hydrogens (tertiary/aromatic N) is 4. The summed E-state index contributed by atoms with van der Waals surface area (Å²) in [5.74, 6) is 1.84. The first kappa shape index (κ1) is 17.3. The van der Waals surface area contributed by atoms with E-state index < -0.39 is 0 Å². The normalized spacial score (nSPS) is 22.4. The second-order valence-corrected chi connectivity index (χ2v) is 7.67. The van der Waals surface area contributed by atoms with Crippen LogP contribution < -0.4 is 4.90 Å². The molecule has 0 aliphatic carbocycles. The van der Waals surface area contributed by atoms with Crippen LogP contribution in [0.3, 0.4) is 0 Å². The van der Waals surface area contributed by atoms with Gasteiger partial charge in [0, 0.05) is 32.6 Å². The predicted octanol–water partition coefficient (Wildman–Crippen LogP) is 3.64. The number of carbonyl (C=O) groups excluding carboxylic acids is 1. The minimum Gasteiger partial charge on any atom is -0.355 e. The number of benzene rings is 1. The van der Waals surface area contributed by atoms with Gasteiger partial charge in [-0.3, -0.25) is 9.78 Å². The maximum atomic E-state index is 12.1. The smallest absolute Gasteiger partial charge is 0.219 e. The molecule has 1 aromatic carbocycles. The molecule has 5 heteroatoms. The Balaban J connectivity index is 1.44. The van der Waals surface area contributed by atoms with Crippen molar-refractivity contribution in [3.63, 3.8) is 0 Å². The van der Waals surface area contributed by atoms with E-state index in [9.17, 15) is 4.79 Å². The molecule has 2 aliphatic rings. The van der Waals surface area contributed by atoms with Gasteiger partial charge in [0.2, 0.25) is 5.91 Å². The summed E-state index contributed by atoms with van der Waals surface area (Å²) in [6.07, 6.45) is 8.99. The van der Waals surface area contributed by atoms with Crippen molar-refractivity contribution in [2.24, 2.45) is 5.92 Å². The Hall–Kier alpha value is -2.17. The third-order valence-electron chi connectivity index (χ3n) is 6.05. The molecule has 138 valence electrons. The summed E-state index contributed by atoms with van der Waals surface area (Å²) < 4.78 is 0. The van der Waals surface area contributed by atoms with E-state index in [0.717, 1.165) is 55.7 Å². The second-order valence-electron chi connectivity index (χ2n) is 7.67. The van der Waals surface area contributed by atoms with E-state index in [1.165, 1.54) is 19.3 Å². The van der Waals surface area contributed by atoms with Crippen molar-refractivity contribution < 1.29 is 4.79 Å². The predicted molar refractivity (Wildman–Crippen MR) is 104 cm³/mol. The fraction of sp³-hybridized carbons (Fsp3) is 0.571. The minimum atomic E-state index is 0.250. The number of piperidine rings is 1. The summed E-state index contributed by atoms with van der Waals surface area (Å²) >= 11 is 0. The number of aromatic nitrogens is 2. The maximum absolute atomic E-state index is 12.1. The van der Waals surface area contributed by atoms with E-state index in [4.69, 9.17) is 4.98 Å². The van der Waals surface area contributed by atoms with Crippen LogP contribution in [0.2, 0.25) is 0 Å². The molecule has 0 saturated carbocycles. The molecule has 1 aromatic heterocycles. The Morgan fingerprint density at radius 3 is 2.54 bits per heavy atom. The highest BCUT2D eigenvalue weighted by molar-refractivity contribution is 5.75. The van der Waals surface area contributed by atoms with Crippen LogP contribution >= 0.6 is 0 Å². The van der Waals surface area contributed by atoms with Crippen LogP contribution in [0.5, 0.6) is 0 Å². The van der Waals surface area contributed by atoms with Crippen LogP contribution in [-0.2, 0) is 4.79 Å². The Morgan fingerprint density at radius 2 is 1.77 bits per heavy atom. The molecule has 2 fully saturated rings. The number of fused-ring (bicyclic) bond motifs is 1. The Bertz CT molecular complexity index is 769. The molecular formula is C21H28N4O. The largest absolute Gasteiger partial charge is 0.355 e. The quantitative estimate of drug-likeness (QED) is 0.828. The third kappa shape index (κ3) is 3.53. The van der Waals surface area contributed by atoms with Crippen LogP contribution in [0.1, 0.15) is 45.4 Å². The van der Waals surface area contributed by atoms with Gasteiger partial charge in [-0.05, 0) is 43.7 Å². The molecule has 0 spiro atoms. The Morgan fingerprint density at radius 1 is 1.00 bits per heavy atom. The van der Waals surface area contributed by atoms with Gasteiger partial charge in [-0.15, -0.1) is 0 Å². The molecule has 0 bridgehead atoms. The molecule has 26 heavy (non-hydrogen) atoms. The van der Waals surface area contributed by atoms with Gasteiger partial charge in [0.1, 0.15) is 5.82 Å². The van der Waals surface area contributed by atoms with Gasteiger partial charge >= 0.3 is 0 Å². The zero-order valence-corrected chi connectivity index (χ0v) is 15.6. The highest BCUT2D eigenvalue weighted by Gasteiger charge is 2.33. The Labute approximate surface area is 155 Å². The molecule has 2 aromatic rings. The maximum Gasteiger partial charge on any atom is 0.219 e. The second kappa shape index (κ2) is 7.60. The number of anilines is 1. The van der Waals surface area contributed by atoms with Crippen LogP contribution in [0.25, 0.3) is 11.0 Å². The van der Waals surface area contributed by atoms with E-state index in [0.29, 0.717) is 12.0 Å². The van der Waals surface area contributed by atoms with Crippen LogP contribution in [0, 0.1) is 5.92 Å². The molecule has 5 nitrogen and oxygen atoms in total. The number of carbonyl (C=O) groups is 1. The first-order valence-electron chi connectivity index (χ1n) is 9.96. The third-order valence-corrected chi connectivity index (χ3v) is 6.05. The summed E-state index contributed by atoms with van der Waals surface area (Å²) in [7, 11) is 0. The highest BCUT2D eigenvalue weighted by Crippen LogP contribution is 2.31. The molecule has 0 unspecified atom stereocenters. The number of rotatable bonds is 2. The first-order chi connectivity index (χ1) is 12.7. The molecule has 3 heterocycles. The fourth-order valence-electron chi connectivity index (χ4n) is 4.63. The number of hydrogen-bond donors (Lipinski definition) is 0. The zero-order valence-electron chi connectivity index (χ0n) is 15.6. The van der Waals surface area contributed by atoms with Crippen LogP contribution in [0.15, 0.2) is 30.5 Å².